The van der Waals surface area contributed by atoms with Crippen molar-refractivity contribution in [1.82, 2.24) is 0 Å². The molecular formula is C16H24O3. The Morgan fingerprint density at radius 1 is 1.47 bits per heavy atom. The quantitative estimate of drug-likeness (QED) is 0.845. The van der Waals surface area contributed by atoms with Gasteiger partial charge in [0.2, 0.25) is 0 Å². The minimum atomic E-state index is -0.706. The second-order valence-corrected chi connectivity index (χ2v) is 6.66. The summed E-state index contributed by atoms with van der Waals surface area (Å²) >= 11 is 0. The summed E-state index contributed by atoms with van der Waals surface area (Å²) in [5, 5.41) is 11.2. The van der Waals surface area contributed by atoms with Crippen molar-refractivity contribution < 1.29 is 14.3 Å². The number of aliphatic hydroxyl groups is 1. The van der Waals surface area contributed by atoms with E-state index >= 15 is 0 Å². The Kier molecular flexibility index (Phi) is 2.84. The van der Waals surface area contributed by atoms with Crippen LogP contribution in [0.3, 0.4) is 0 Å². The smallest absolute Gasteiger partial charge is 0.112 e. The van der Waals surface area contributed by atoms with E-state index in [1.54, 1.807) is 13.4 Å². The lowest BCUT2D eigenvalue weighted by Crippen LogP contribution is -2.59. The molecule has 2 aliphatic carbocycles. The molecule has 1 N–H and O–H groups in total. The average molecular weight is 264 g/mol. The zero-order chi connectivity index (χ0) is 13.8. The van der Waals surface area contributed by atoms with Gasteiger partial charge in [-0.15, -0.1) is 0 Å². The molecule has 3 rings (SSSR count). The van der Waals surface area contributed by atoms with Crippen molar-refractivity contribution in [2.24, 2.45) is 11.3 Å². The first-order chi connectivity index (χ1) is 8.94. The molecule has 1 heterocycles. The minimum Gasteiger partial charge on any atom is -0.469 e. The summed E-state index contributed by atoms with van der Waals surface area (Å²) in [6, 6.07) is 0. The van der Waals surface area contributed by atoms with Crippen molar-refractivity contribution in [3.63, 3.8) is 0 Å². The molecular weight excluding hydrogens is 240 g/mol. The minimum absolute atomic E-state index is 0.0738. The highest BCUT2D eigenvalue weighted by atomic mass is 16.5. The summed E-state index contributed by atoms with van der Waals surface area (Å²) in [4.78, 5) is 0. The molecule has 1 aromatic heterocycles. The summed E-state index contributed by atoms with van der Waals surface area (Å²) in [7, 11) is 1.75. The lowest BCUT2D eigenvalue weighted by atomic mass is 9.51. The molecule has 0 aromatic carbocycles. The molecule has 4 atom stereocenters. The molecule has 0 saturated heterocycles. The van der Waals surface area contributed by atoms with Gasteiger partial charge in [-0.1, -0.05) is 20.3 Å². The van der Waals surface area contributed by atoms with E-state index in [1.807, 2.05) is 0 Å². The third-order valence-corrected chi connectivity index (χ3v) is 5.85. The molecule has 3 heteroatoms. The molecule has 3 nitrogen and oxygen atoms in total. The van der Waals surface area contributed by atoms with Crippen molar-refractivity contribution >= 4 is 0 Å². The summed E-state index contributed by atoms with van der Waals surface area (Å²) in [5.74, 6) is 1.36. The second kappa shape index (κ2) is 4.10. The van der Waals surface area contributed by atoms with E-state index in [0.717, 1.165) is 30.6 Å². The summed E-state index contributed by atoms with van der Waals surface area (Å²) in [6.07, 6.45) is 5.42. The summed E-state index contributed by atoms with van der Waals surface area (Å²) < 4.78 is 11.5. The Bertz CT molecular complexity index is 492. The van der Waals surface area contributed by atoms with Crippen LogP contribution in [0.5, 0.6) is 0 Å². The first-order valence-electron chi connectivity index (χ1n) is 7.26. The lowest BCUT2D eigenvalue weighted by molar-refractivity contribution is -0.204. The number of hydrogen-bond acceptors (Lipinski definition) is 3. The molecule has 0 spiro atoms. The molecule has 0 bridgehead atoms. The van der Waals surface area contributed by atoms with Gasteiger partial charge in [0.25, 0.3) is 0 Å². The maximum absolute atomic E-state index is 11.2. The molecule has 2 aliphatic rings. The van der Waals surface area contributed by atoms with Crippen LogP contribution in [0.2, 0.25) is 0 Å². The maximum atomic E-state index is 11.2. The predicted octanol–water partition coefficient (Wildman–Crippen LogP) is 3.39. The lowest BCUT2D eigenvalue weighted by Gasteiger charge is -2.57. The van der Waals surface area contributed by atoms with Gasteiger partial charge in [-0.2, -0.15) is 0 Å². The van der Waals surface area contributed by atoms with E-state index in [2.05, 4.69) is 20.8 Å². The van der Waals surface area contributed by atoms with Crippen LogP contribution in [-0.2, 0) is 11.2 Å². The highest BCUT2D eigenvalue weighted by molar-refractivity contribution is 5.37. The molecule has 19 heavy (non-hydrogen) atoms. The van der Waals surface area contributed by atoms with Gasteiger partial charge in [-0.3, -0.25) is 0 Å². The highest BCUT2D eigenvalue weighted by Gasteiger charge is 2.61. The topological polar surface area (TPSA) is 42.6 Å². The monoisotopic (exact) mass is 264 g/mol. The molecule has 0 amide bonds. The van der Waals surface area contributed by atoms with Gasteiger partial charge in [-0.05, 0) is 31.2 Å². The Hall–Kier alpha value is -0.800. The number of fused-ring (bicyclic) bond motifs is 2. The van der Waals surface area contributed by atoms with Crippen LogP contribution in [0.25, 0.3) is 0 Å². The number of hydrogen-bond donors (Lipinski definition) is 1. The van der Waals surface area contributed by atoms with Gasteiger partial charge in [0.05, 0.1) is 18.0 Å². The molecule has 4 unspecified atom stereocenters. The van der Waals surface area contributed by atoms with Crippen LogP contribution < -0.4 is 0 Å². The Morgan fingerprint density at radius 3 is 2.89 bits per heavy atom. The van der Waals surface area contributed by atoms with Crippen LogP contribution in [-0.4, -0.2) is 17.8 Å². The third kappa shape index (κ3) is 1.52. The van der Waals surface area contributed by atoms with E-state index in [9.17, 15) is 5.11 Å². The highest BCUT2D eigenvalue weighted by Crippen LogP contribution is 2.61. The maximum Gasteiger partial charge on any atom is 0.112 e. The Balaban J connectivity index is 2.19. The van der Waals surface area contributed by atoms with Crippen LogP contribution in [0, 0.1) is 18.3 Å². The fourth-order valence-electron chi connectivity index (χ4n) is 4.43. The van der Waals surface area contributed by atoms with E-state index in [-0.39, 0.29) is 11.5 Å². The van der Waals surface area contributed by atoms with Crippen molar-refractivity contribution in [3.8, 4) is 0 Å². The molecule has 1 aromatic rings. The molecule has 1 saturated carbocycles. The fourth-order valence-corrected chi connectivity index (χ4v) is 4.43. The van der Waals surface area contributed by atoms with Gasteiger partial charge in [-0.25, -0.2) is 0 Å². The van der Waals surface area contributed by atoms with Gasteiger partial charge in [0, 0.05) is 24.5 Å². The van der Waals surface area contributed by atoms with Gasteiger partial charge in [0.15, 0.2) is 0 Å². The van der Waals surface area contributed by atoms with Gasteiger partial charge < -0.3 is 14.3 Å². The Morgan fingerprint density at radius 2 is 2.21 bits per heavy atom. The van der Waals surface area contributed by atoms with E-state index < -0.39 is 5.60 Å². The van der Waals surface area contributed by atoms with Crippen molar-refractivity contribution in [2.45, 2.75) is 58.2 Å². The predicted molar refractivity (Wildman–Crippen MR) is 73.0 cm³/mol. The summed E-state index contributed by atoms with van der Waals surface area (Å²) in [6.45, 7) is 6.51. The molecule has 106 valence electrons. The van der Waals surface area contributed by atoms with E-state index in [0.29, 0.717) is 12.3 Å². The van der Waals surface area contributed by atoms with Crippen LogP contribution in [0.4, 0.5) is 0 Å². The first-order valence-corrected chi connectivity index (χ1v) is 7.26. The van der Waals surface area contributed by atoms with Crippen molar-refractivity contribution in [1.29, 1.82) is 0 Å². The SMILES string of the molecule is COC1c2c(C)coc2CC2(O)CCCC(C)C12C. The molecule has 1 fully saturated rings. The van der Waals surface area contributed by atoms with Crippen molar-refractivity contribution in [3.05, 3.63) is 23.2 Å². The Labute approximate surface area is 115 Å². The number of ether oxygens (including phenoxy) is 1. The van der Waals surface area contributed by atoms with Crippen LogP contribution in [0.1, 0.15) is 56.1 Å². The zero-order valence-electron chi connectivity index (χ0n) is 12.3. The molecule has 0 radical (unpaired) electrons. The average Bonchev–Trinajstić information content (AvgIpc) is 2.70. The van der Waals surface area contributed by atoms with Gasteiger partial charge >= 0.3 is 0 Å². The van der Waals surface area contributed by atoms with Crippen molar-refractivity contribution in [2.75, 3.05) is 7.11 Å². The normalized spacial score (nSPS) is 41.7. The van der Waals surface area contributed by atoms with Crippen LogP contribution in [0.15, 0.2) is 10.7 Å². The third-order valence-electron chi connectivity index (χ3n) is 5.85. The first kappa shape index (κ1) is 13.2. The van der Waals surface area contributed by atoms with E-state index in [1.165, 1.54) is 5.56 Å². The number of aryl methyl sites for hydroxylation is 1. The number of methoxy groups -OCH3 is 1. The number of furan rings is 1. The zero-order valence-corrected chi connectivity index (χ0v) is 12.3. The largest absolute Gasteiger partial charge is 0.469 e. The van der Waals surface area contributed by atoms with Crippen LogP contribution >= 0.6 is 0 Å². The van der Waals surface area contributed by atoms with E-state index in [4.69, 9.17) is 9.15 Å². The summed E-state index contributed by atoms with van der Waals surface area (Å²) in [5.41, 5.74) is 1.37. The standard InChI is InChI=1S/C16H24O3/c1-10-9-19-12-8-16(17)7-5-6-11(2)15(16,3)14(18-4)13(10)12/h9,11,14,17H,5-8H2,1-4H3. The number of rotatable bonds is 1. The molecule has 0 aliphatic heterocycles. The van der Waals surface area contributed by atoms with Gasteiger partial charge in [0.1, 0.15) is 5.76 Å². The second-order valence-electron chi connectivity index (χ2n) is 6.66. The fraction of sp³-hybridized carbons (Fsp3) is 0.750.